The van der Waals surface area contributed by atoms with Crippen molar-refractivity contribution < 1.29 is 9.90 Å². The molecule has 0 bridgehead atoms. The van der Waals surface area contributed by atoms with Crippen molar-refractivity contribution in [3.05, 3.63) is 29.8 Å². The SMILES string of the molecule is O=C(O)Cc1cccc(N2C=NCC2)c1. The molecule has 0 aliphatic carbocycles. The second-order valence-corrected chi connectivity index (χ2v) is 3.46. The Morgan fingerprint density at radius 3 is 3.07 bits per heavy atom. The Kier molecular flexibility index (Phi) is 2.67. The zero-order chi connectivity index (χ0) is 10.7. The minimum Gasteiger partial charge on any atom is -0.481 e. The van der Waals surface area contributed by atoms with Crippen LogP contribution in [0.1, 0.15) is 5.56 Å². The first kappa shape index (κ1) is 9.71. The number of aliphatic carboxylic acids is 1. The molecule has 78 valence electrons. The van der Waals surface area contributed by atoms with E-state index in [-0.39, 0.29) is 6.42 Å². The van der Waals surface area contributed by atoms with E-state index in [1.807, 2.05) is 29.2 Å². The van der Waals surface area contributed by atoms with Crippen molar-refractivity contribution >= 4 is 18.0 Å². The second kappa shape index (κ2) is 4.13. The van der Waals surface area contributed by atoms with Crippen LogP contribution in [0.5, 0.6) is 0 Å². The van der Waals surface area contributed by atoms with Gasteiger partial charge >= 0.3 is 5.97 Å². The lowest BCUT2D eigenvalue weighted by molar-refractivity contribution is -0.136. The second-order valence-electron chi connectivity index (χ2n) is 3.46. The average molecular weight is 204 g/mol. The van der Waals surface area contributed by atoms with Crippen molar-refractivity contribution in [1.82, 2.24) is 0 Å². The third-order valence-electron chi connectivity index (χ3n) is 2.29. The van der Waals surface area contributed by atoms with Crippen molar-refractivity contribution in [3.8, 4) is 0 Å². The number of carbonyl (C=O) groups is 1. The number of aliphatic imine (C=N–C) groups is 1. The van der Waals surface area contributed by atoms with Crippen LogP contribution in [-0.2, 0) is 11.2 Å². The van der Waals surface area contributed by atoms with Crippen LogP contribution in [0.3, 0.4) is 0 Å². The lowest BCUT2D eigenvalue weighted by Gasteiger charge is -2.14. The van der Waals surface area contributed by atoms with Crippen molar-refractivity contribution in [2.24, 2.45) is 4.99 Å². The summed E-state index contributed by atoms with van der Waals surface area (Å²) in [6.45, 7) is 1.68. The fourth-order valence-electron chi connectivity index (χ4n) is 1.59. The summed E-state index contributed by atoms with van der Waals surface area (Å²) in [4.78, 5) is 16.7. The molecule has 4 nitrogen and oxygen atoms in total. The number of carboxylic acids is 1. The normalized spacial score (nSPS) is 14.5. The highest BCUT2D eigenvalue weighted by molar-refractivity contribution is 5.81. The van der Waals surface area contributed by atoms with E-state index in [0.29, 0.717) is 0 Å². The van der Waals surface area contributed by atoms with Gasteiger partial charge < -0.3 is 10.0 Å². The first-order valence-electron chi connectivity index (χ1n) is 4.83. The molecule has 0 radical (unpaired) electrons. The van der Waals surface area contributed by atoms with Gasteiger partial charge in [0.05, 0.1) is 19.3 Å². The monoisotopic (exact) mass is 204 g/mol. The molecule has 15 heavy (non-hydrogen) atoms. The first-order valence-corrected chi connectivity index (χ1v) is 4.83. The summed E-state index contributed by atoms with van der Waals surface area (Å²) in [5.41, 5.74) is 1.83. The smallest absolute Gasteiger partial charge is 0.307 e. The molecule has 0 spiro atoms. The molecule has 0 amide bonds. The molecule has 0 saturated carbocycles. The standard InChI is InChI=1S/C11H12N2O2/c14-11(15)7-9-2-1-3-10(6-9)13-5-4-12-8-13/h1-3,6,8H,4-5,7H2,(H,14,15). The summed E-state index contributed by atoms with van der Waals surface area (Å²) in [5.74, 6) is -0.803. The van der Waals surface area contributed by atoms with E-state index in [1.54, 1.807) is 6.34 Å². The van der Waals surface area contributed by atoms with E-state index in [1.165, 1.54) is 0 Å². The highest BCUT2D eigenvalue weighted by Crippen LogP contribution is 2.16. The number of rotatable bonds is 3. The Labute approximate surface area is 87.9 Å². The van der Waals surface area contributed by atoms with Crippen LogP contribution in [0.25, 0.3) is 0 Å². The Balaban J connectivity index is 2.18. The largest absolute Gasteiger partial charge is 0.481 e. The molecule has 1 aromatic rings. The number of nitrogens with zero attached hydrogens (tertiary/aromatic N) is 2. The maximum absolute atomic E-state index is 10.6. The van der Waals surface area contributed by atoms with Crippen molar-refractivity contribution in [1.29, 1.82) is 0 Å². The van der Waals surface area contributed by atoms with Crippen LogP contribution in [0.4, 0.5) is 5.69 Å². The predicted molar refractivity (Wildman–Crippen MR) is 58.5 cm³/mol. The molecule has 2 rings (SSSR count). The summed E-state index contributed by atoms with van der Waals surface area (Å²) >= 11 is 0. The Hall–Kier alpha value is -1.84. The Morgan fingerprint density at radius 2 is 2.40 bits per heavy atom. The summed E-state index contributed by atoms with van der Waals surface area (Å²) in [5, 5.41) is 8.68. The van der Waals surface area contributed by atoms with Gasteiger partial charge in [0, 0.05) is 12.2 Å². The van der Waals surface area contributed by atoms with E-state index < -0.39 is 5.97 Å². The van der Waals surface area contributed by atoms with Crippen LogP contribution in [-0.4, -0.2) is 30.5 Å². The first-order chi connectivity index (χ1) is 7.25. The molecule has 0 fully saturated rings. The molecule has 1 aromatic carbocycles. The van der Waals surface area contributed by atoms with E-state index in [2.05, 4.69) is 4.99 Å². The Morgan fingerprint density at radius 1 is 1.53 bits per heavy atom. The summed E-state index contributed by atoms with van der Waals surface area (Å²) in [6.07, 6.45) is 1.86. The molecule has 1 N–H and O–H groups in total. The molecule has 1 aliphatic rings. The highest BCUT2D eigenvalue weighted by Gasteiger charge is 2.09. The van der Waals surface area contributed by atoms with Gasteiger partial charge in [-0.05, 0) is 17.7 Å². The molecular weight excluding hydrogens is 192 g/mol. The average Bonchev–Trinajstić information content (AvgIpc) is 2.69. The minimum atomic E-state index is -0.803. The van der Waals surface area contributed by atoms with Crippen molar-refractivity contribution in [2.45, 2.75) is 6.42 Å². The topological polar surface area (TPSA) is 52.9 Å². The quantitative estimate of drug-likeness (QED) is 0.803. The molecular formula is C11H12N2O2. The zero-order valence-electron chi connectivity index (χ0n) is 8.26. The third-order valence-corrected chi connectivity index (χ3v) is 2.29. The summed E-state index contributed by atoms with van der Waals surface area (Å²) < 4.78 is 0. The maximum Gasteiger partial charge on any atom is 0.307 e. The maximum atomic E-state index is 10.6. The van der Waals surface area contributed by atoms with Gasteiger partial charge in [-0.25, -0.2) is 0 Å². The van der Waals surface area contributed by atoms with E-state index in [0.717, 1.165) is 24.3 Å². The zero-order valence-corrected chi connectivity index (χ0v) is 8.26. The molecule has 0 unspecified atom stereocenters. The molecule has 1 aliphatic heterocycles. The predicted octanol–water partition coefficient (Wildman–Crippen LogP) is 1.16. The van der Waals surface area contributed by atoms with Gasteiger partial charge in [0.2, 0.25) is 0 Å². The molecule has 0 aromatic heterocycles. The van der Waals surface area contributed by atoms with Crippen LogP contribution >= 0.6 is 0 Å². The molecule has 1 heterocycles. The van der Waals surface area contributed by atoms with Crippen LogP contribution in [0, 0.1) is 0 Å². The van der Waals surface area contributed by atoms with Gasteiger partial charge in [-0.2, -0.15) is 0 Å². The fraction of sp³-hybridized carbons (Fsp3) is 0.273. The van der Waals surface area contributed by atoms with Gasteiger partial charge in [0.15, 0.2) is 0 Å². The van der Waals surface area contributed by atoms with E-state index in [9.17, 15) is 4.79 Å². The third kappa shape index (κ3) is 2.34. The van der Waals surface area contributed by atoms with Gasteiger partial charge in [-0.15, -0.1) is 0 Å². The highest BCUT2D eigenvalue weighted by atomic mass is 16.4. The van der Waals surface area contributed by atoms with Gasteiger partial charge in [0.1, 0.15) is 0 Å². The van der Waals surface area contributed by atoms with Crippen molar-refractivity contribution in [2.75, 3.05) is 18.0 Å². The van der Waals surface area contributed by atoms with Gasteiger partial charge in [-0.1, -0.05) is 12.1 Å². The lowest BCUT2D eigenvalue weighted by Crippen LogP contribution is -2.18. The molecule has 0 atom stereocenters. The summed E-state index contributed by atoms with van der Waals surface area (Å²) in [6, 6.07) is 7.55. The molecule has 0 saturated heterocycles. The van der Waals surface area contributed by atoms with Gasteiger partial charge in [-0.3, -0.25) is 9.79 Å². The van der Waals surface area contributed by atoms with E-state index in [4.69, 9.17) is 5.11 Å². The molecule has 4 heteroatoms. The number of anilines is 1. The van der Waals surface area contributed by atoms with Crippen LogP contribution < -0.4 is 4.90 Å². The fourth-order valence-corrected chi connectivity index (χ4v) is 1.59. The lowest BCUT2D eigenvalue weighted by atomic mass is 10.1. The van der Waals surface area contributed by atoms with Gasteiger partial charge in [0.25, 0.3) is 0 Å². The number of carboxylic acid groups (broad SMARTS) is 1. The number of hydrogen-bond donors (Lipinski definition) is 1. The van der Waals surface area contributed by atoms with Crippen LogP contribution in [0.15, 0.2) is 29.3 Å². The van der Waals surface area contributed by atoms with Crippen molar-refractivity contribution in [3.63, 3.8) is 0 Å². The number of benzene rings is 1. The van der Waals surface area contributed by atoms with E-state index >= 15 is 0 Å². The Bertz CT molecular complexity index is 401. The number of hydrogen-bond acceptors (Lipinski definition) is 3. The minimum absolute atomic E-state index is 0.0683. The summed E-state index contributed by atoms with van der Waals surface area (Å²) in [7, 11) is 0. The van der Waals surface area contributed by atoms with Crippen LogP contribution in [0.2, 0.25) is 0 Å².